The monoisotopic (exact) mass is 337 g/mol. The van der Waals surface area contributed by atoms with Crippen molar-refractivity contribution in [3.8, 4) is 6.07 Å². The Labute approximate surface area is 144 Å². The second-order valence-electron chi connectivity index (χ2n) is 5.52. The number of benzene rings is 2. The Morgan fingerprint density at radius 3 is 2.68 bits per heavy atom. The molecule has 0 spiro atoms. The molecule has 0 saturated carbocycles. The third kappa shape index (κ3) is 3.52. The van der Waals surface area contributed by atoms with Crippen LogP contribution in [-0.4, -0.2) is 31.2 Å². The number of fused-ring (bicyclic) bond motifs is 1. The Bertz CT molecular complexity index is 941. The van der Waals surface area contributed by atoms with Crippen molar-refractivity contribution in [2.45, 2.75) is 0 Å². The lowest BCUT2D eigenvalue weighted by atomic mass is 10.2. The lowest BCUT2D eigenvalue weighted by Gasteiger charge is -2.22. The van der Waals surface area contributed by atoms with Crippen molar-refractivity contribution in [2.24, 2.45) is 0 Å². The molecule has 1 amide bonds. The van der Waals surface area contributed by atoms with Crippen molar-refractivity contribution in [1.82, 2.24) is 4.98 Å². The zero-order valence-corrected chi connectivity index (χ0v) is 13.6. The lowest BCUT2D eigenvalue weighted by molar-refractivity contribution is 0.0972. The number of methoxy groups -OCH3 is 1. The van der Waals surface area contributed by atoms with Crippen LogP contribution in [0.5, 0.6) is 0 Å². The van der Waals surface area contributed by atoms with E-state index in [2.05, 4.69) is 11.1 Å². The summed E-state index contributed by atoms with van der Waals surface area (Å²) in [7, 11) is 1.56. The minimum atomic E-state index is -0.364. The van der Waals surface area contributed by atoms with Crippen LogP contribution in [-0.2, 0) is 4.74 Å². The molecule has 0 aliphatic heterocycles. The summed E-state index contributed by atoms with van der Waals surface area (Å²) < 4.78 is 18.4. The zero-order valence-electron chi connectivity index (χ0n) is 13.6. The summed E-state index contributed by atoms with van der Waals surface area (Å²) in [5, 5.41) is 9.67. The first kappa shape index (κ1) is 16.7. The van der Waals surface area contributed by atoms with Gasteiger partial charge in [-0.2, -0.15) is 5.26 Å². The van der Waals surface area contributed by atoms with Gasteiger partial charge in [0.05, 0.1) is 18.2 Å². The van der Waals surface area contributed by atoms with Crippen molar-refractivity contribution < 1.29 is 13.9 Å². The first-order valence-corrected chi connectivity index (χ1v) is 7.71. The van der Waals surface area contributed by atoms with E-state index in [1.165, 1.54) is 12.1 Å². The number of hydrogen-bond donors (Lipinski definition) is 1. The molecule has 0 aliphatic carbocycles. The Hall–Kier alpha value is -3.17. The summed E-state index contributed by atoms with van der Waals surface area (Å²) in [5.41, 5.74) is 2.10. The molecule has 0 fully saturated rings. The van der Waals surface area contributed by atoms with Gasteiger partial charge in [0.2, 0.25) is 0 Å². The van der Waals surface area contributed by atoms with Crippen molar-refractivity contribution in [2.75, 3.05) is 25.2 Å². The predicted octanol–water partition coefficient (Wildman–Crippen LogP) is 3.47. The number of anilines is 1. The number of carbonyl (C=O) groups is 1. The molecule has 1 heterocycles. The molecule has 25 heavy (non-hydrogen) atoms. The highest BCUT2D eigenvalue weighted by Crippen LogP contribution is 2.21. The minimum absolute atomic E-state index is 0.252. The predicted molar refractivity (Wildman–Crippen MR) is 93.0 cm³/mol. The molecule has 2 aromatic carbocycles. The van der Waals surface area contributed by atoms with Crippen LogP contribution in [0.4, 0.5) is 10.1 Å². The van der Waals surface area contributed by atoms with Gasteiger partial charge in [-0.05, 0) is 48.5 Å². The van der Waals surface area contributed by atoms with Gasteiger partial charge in [-0.1, -0.05) is 0 Å². The van der Waals surface area contributed by atoms with Crippen LogP contribution >= 0.6 is 0 Å². The van der Waals surface area contributed by atoms with E-state index in [0.717, 1.165) is 5.39 Å². The Kier molecular flexibility index (Phi) is 4.78. The van der Waals surface area contributed by atoms with Crippen molar-refractivity contribution in [1.29, 1.82) is 5.26 Å². The molecule has 0 atom stereocenters. The molecule has 5 nitrogen and oxygen atoms in total. The fourth-order valence-corrected chi connectivity index (χ4v) is 2.61. The number of H-pyrrole nitrogens is 1. The number of ether oxygens (including phenoxy) is 1. The first-order valence-electron chi connectivity index (χ1n) is 7.71. The van der Waals surface area contributed by atoms with E-state index < -0.39 is 0 Å². The first-order chi connectivity index (χ1) is 12.1. The van der Waals surface area contributed by atoms with Crippen molar-refractivity contribution in [3.63, 3.8) is 0 Å². The van der Waals surface area contributed by atoms with Gasteiger partial charge in [0, 0.05) is 30.2 Å². The summed E-state index contributed by atoms with van der Waals surface area (Å²) in [5.74, 6) is -0.616. The van der Waals surface area contributed by atoms with Gasteiger partial charge in [-0.15, -0.1) is 0 Å². The van der Waals surface area contributed by atoms with Gasteiger partial charge in [0.15, 0.2) is 0 Å². The second kappa shape index (κ2) is 7.16. The number of halogens is 1. The average molecular weight is 337 g/mol. The van der Waals surface area contributed by atoms with Gasteiger partial charge < -0.3 is 14.6 Å². The van der Waals surface area contributed by atoms with E-state index in [4.69, 9.17) is 10.00 Å². The summed E-state index contributed by atoms with van der Waals surface area (Å²) >= 11 is 0. The van der Waals surface area contributed by atoms with Crippen molar-refractivity contribution in [3.05, 3.63) is 65.6 Å². The van der Waals surface area contributed by atoms with E-state index in [0.29, 0.717) is 35.6 Å². The fourth-order valence-electron chi connectivity index (χ4n) is 2.61. The topological polar surface area (TPSA) is 69.1 Å². The van der Waals surface area contributed by atoms with E-state index >= 15 is 0 Å². The van der Waals surface area contributed by atoms with Crippen LogP contribution < -0.4 is 4.90 Å². The van der Waals surface area contributed by atoms with Crippen LogP contribution in [0.25, 0.3) is 10.9 Å². The molecule has 3 rings (SSSR count). The highest BCUT2D eigenvalue weighted by atomic mass is 19.1. The molecule has 1 N–H and O–H groups in total. The van der Waals surface area contributed by atoms with Gasteiger partial charge in [-0.3, -0.25) is 4.79 Å². The molecule has 0 aliphatic rings. The van der Waals surface area contributed by atoms with E-state index in [9.17, 15) is 9.18 Å². The van der Waals surface area contributed by atoms with Gasteiger partial charge in [0.25, 0.3) is 5.91 Å². The second-order valence-corrected chi connectivity index (χ2v) is 5.52. The number of nitriles is 1. The van der Waals surface area contributed by atoms with Gasteiger partial charge >= 0.3 is 0 Å². The molecular weight excluding hydrogens is 321 g/mol. The quantitative estimate of drug-likeness (QED) is 0.775. The SMILES string of the molecule is COCCN(C(=O)c1cc2ccc(F)cc2[nH]1)c1ccc(C#N)cc1. The molecule has 0 radical (unpaired) electrons. The lowest BCUT2D eigenvalue weighted by Crippen LogP contribution is -2.34. The van der Waals surface area contributed by atoms with E-state index in [1.807, 2.05) is 0 Å². The Balaban J connectivity index is 1.95. The number of aromatic amines is 1. The molecule has 0 bridgehead atoms. The highest BCUT2D eigenvalue weighted by molar-refractivity contribution is 6.07. The maximum absolute atomic E-state index is 13.4. The van der Waals surface area contributed by atoms with Crippen LogP contribution in [0.3, 0.4) is 0 Å². The van der Waals surface area contributed by atoms with Crippen LogP contribution in [0.1, 0.15) is 16.1 Å². The summed E-state index contributed by atoms with van der Waals surface area (Å²) in [6, 6.07) is 14.8. The zero-order chi connectivity index (χ0) is 17.8. The maximum Gasteiger partial charge on any atom is 0.274 e. The highest BCUT2D eigenvalue weighted by Gasteiger charge is 2.19. The molecule has 126 valence electrons. The summed E-state index contributed by atoms with van der Waals surface area (Å²) in [6.07, 6.45) is 0. The number of carbonyl (C=O) groups excluding carboxylic acids is 1. The molecular formula is C19H16FN3O2. The maximum atomic E-state index is 13.4. The smallest absolute Gasteiger partial charge is 0.274 e. The van der Waals surface area contributed by atoms with E-state index in [-0.39, 0.29) is 11.7 Å². The van der Waals surface area contributed by atoms with Crippen molar-refractivity contribution >= 4 is 22.5 Å². The Morgan fingerprint density at radius 1 is 1.24 bits per heavy atom. The average Bonchev–Trinajstić information content (AvgIpc) is 3.05. The Morgan fingerprint density at radius 2 is 2.00 bits per heavy atom. The number of aromatic nitrogens is 1. The molecule has 1 aromatic heterocycles. The van der Waals surface area contributed by atoms with Crippen LogP contribution in [0.2, 0.25) is 0 Å². The number of nitrogens with zero attached hydrogens (tertiary/aromatic N) is 2. The number of amides is 1. The number of nitrogens with one attached hydrogen (secondary N) is 1. The summed E-state index contributed by atoms with van der Waals surface area (Å²) in [4.78, 5) is 17.5. The largest absolute Gasteiger partial charge is 0.383 e. The third-order valence-electron chi connectivity index (χ3n) is 3.89. The molecule has 6 heteroatoms. The normalized spacial score (nSPS) is 10.6. The number of hydrogen-bond acceptors (Lipinski definition) is 3. The standard InChI is InChI=1S/C19H16FN3O2/c1-25-9-8-23(16-6-2-13(12-21)3-7-16)19(24)18-10-14-4-5-15(20)11-17(14)22-18/h2-7,10-11,22H,8-9H2,1H3. The third-order valence-corrected chi connectivity index (χ3v) is 3.89. The summed E-state index contributed by atoms with van der Waals surface area (Å²) in [6.45, 7) is 0.714. The minimum Gasteiger partial charge on any atom is -0.383 e. The van der Waals surface area contributed by atoms with E-state index in [1.54, 1.807) is 48.4 Å². The fraction of sp³-hybridized carbons (Fsp3) is 0.158. The van der Waals surface area contributed by atoms with Gasteiger partial charge in [0.1, 0.15) is 11.5 Å². The molecule has 0 saturated heterocycles. The van der Waals surface area contributed by atoms with Crippen LogP contribution in [0.15, 0.2) is 48.5 Å². The van der Waals surface area contributed by atoms with Gasteiger partial charge in [-0.25, -0.2) is 4.39 Å². The number of rotatable bonds is 5. The van der Waals surface area contributed by atoms with Crippen LogP contribution in [0, 0.1) is 17.1 Å². The molecule has 3 aromatic rings. The molecule has 0 unspecified atom stereocenters.